The predicted molar refractivity (Wildman–Crippen MR) is 52.0 cm³/mol. The molecule has 1 unspecified atom stereocenters. The molecule has 0 spiro atoms. The number of aliphatic hydroxyl groups is 1. The number of halogens is 10. The predicted octanol–water partition coefficient (Wildman–Crippen LogP) is 4.53. The molecule has 0 bridgehead atoms. The molecule has 1 rings (SSSR count). The Labute approximate surface area is 116 Å². The highest BCUT2D eigenvalue weighted by Gasteiger charge is 2.86. The zero-order valence-corrected chi connectivity index (χ0v) is 10.1. The van der Waals surface area contributed by atoms with E-state index in [2.05, 4.69) is 0 Å². The molecule has 0 saturated heterocycles. The Morgan fingerprint density at radius 2 is 1.09 bits per heavy atom. The maximum Gasteiger partial charge on any atom is 0.415 e. The third-order valence-corrected chi connectivity index (χ3v) is 2.95. The van der Waals surface area contributed by atoms with Crippen LogP contribution in [0.5, 0.6) is 0 Å². The average Bonchev–Trinajstić information content (AvgIpc) is 2.23. The van der Waals surface area contributed by atoms with E-state index in [0.717, 1.165) is 6.07 Å². The van der Waals surface area contributed by atoms with Crippen molar-refractivity contribution < 1.29 is 49.0 Å². The molecule has 0 aromatic heterocycles. The summed E-state index contributed by atoms with van der Waals surface area (Å²) >= 11 is 0. The van der Waals surface area contributed by atoms with Crippen molar-refractivity contribution in [3.63, 3.8) is 0 Å². The summed E-state index contributed by atoms with van der Waals surface area (Å²) in [7, 11) is 0. The van der Waals surface area contributed by atoms with Crippen LogP contribution in [0.2, 0.25) is 0 Å². The number of hydrogen-bond acceptors (Lipinski definition) is 1. The van der Waals surface area contributed by atoms with E-state index in [-0.39, 0.29) is 6.07 Å². The minimum atomic E-state index is -6.97. The van der Waals surface area contributed by atoms with E-state index in [1.807, 2.05) is 0 Å². The van der Waals surface area contributed by atoms with Crippen molar-refractivity contribution in [2.45, 2.75) is 24.6 Å². The quantitative estimate of drug-likeness (QED) is 0.782. The standard InChI is InChI=1S/C11H6F10O/c12-6-4-2-1-3-5(6)7(22)8(9(13,14)15,10(16,17)18)11(19,20)21/h1-4,7,22H. The van der Waals surface area contributed by atoms with Crippen LogP contribution in [0.3, 0.4) is 0 Å². The molecule has 1 N–H and O–H groups in total. The second-order valence-corrected chi connectivity index (χ2v) is 4.23. The Bertz CT molecular complexity index is 491. The highest BCUT2D eigenvalue weighted by Crippen LogP contribution is 2.65. The lowest BCUT2D eigenvalue weighted by Gasteiger charge is -2.41. The van der Waals surface area contributed by atoms with Gasteiger partial charge in [-0.3, -0.25) is 0 Å². The Morgan fingerprint density at radius 3 is 1.41 bits per heavy atom. The maximum absolute atomic E-state index is 13.3. The Morgan fingerprint density at radius 1 is 0.727 bits per heavy atom. The van der Waals surface area contributed by atoms with Gasteiger partial charge in [-0.15, -0.1) is 0 Å². The van der Waals surface area contributed by atoms with E-state index in [1.54, 1.807) is 0 Å². The summed E-state index contributed by atoms with van der Waals surface area (Å²) < 4.78 is 128. The molecule has 126 valence electrons. The summed E-state index contributed by atoms with van der Waals surface area (Å²) in [6, 6.07) is 2.04. The first kappa shape index (κ1) is 18.5. The minimum Gasteiger partial charge on any atom is -0.387 e. The number of alkyl halides is 9. The van der Waals surface area contributed by atoms with E-state index in [9.17, 15) is 49.0 Å². The van der Waals surface area contributed by atoms with Crippen LogP contribution >= 0.6 is 0 Å². The second kappa shape index (κ2) is 5.28. The lowest BCUT2D eigenvalue weighted by atomic mass is 9.76. The van der Waals surface area contributed by atoms with Gasteiger partial charge in [0.15, 0.2) is 0 Å². The van der Waals surface area contributed by atoms with Gasteiger partial charge in [-0.2, -0.15) is 39.5 Å². The van der Waals surface area contributed by atoms with Crippen LogP contribution < -0.4 is 0 Å². The lowest BCUT2D eigenvalue weighted by Crippen LogP contribution is -2.62. The monoisotopic (exact) mass is 344 g/mol. The molecule has 1 aromatic rings. The zero-order valence-electron chi connectivity index (χ0n) is 10.1. The Kier molecular flexibility index (Phi) is 4.45. The molecule has 0 aliphatic carbocycles. The van der Waals surface area contributed by atoms with Crippen molar-refractivity contribution in [2.75, 3.05) is 0 Å². The van der Waals surface area contributed by atoms with Crippen molar-refractivity contribution in [3.8, 4) is 0 Å². The van der Waals surface area contributed by atoms with E-state index in [0.29, 0.717) is 12.1 Å². The van der Waals surface area contributed by atoms with Gasteiger partial charge < -0.3 is 5.11 Å². The van der Waals surface area contributed by atoms with E-state index in [1.165, 1.54) is 0 Å². The van der Waals surface area contributed by atoms with Gasteiger partial charge in [-0.1, -0.05) is 18.2 Å². The van der Waals surface area contributed by atoms with E-state index in [4.69, 9.17) is 0 Å². The van der Waals surface area contributed by atoms with Gasteiger partial charge in [0.1, 0.15) is 11.9 Å². The first-order valence-corrected chi connectivity index (χ1v) is 5.30. The normalized spacial score (nSPS) is 15.8. The number of aliphatic hydroxyl groups excluding tert-OH is 1. The Hall–Kier alpha value is -1.52. The summed E-state index contributed by atoms with van der Waals surface area (Å²) in [5, 5.41) is 9.22. The molecular weight excluding hydrogens is 338 g/mol. The van der Waals surface area contributed by atoms with Crippen LogP contribution in [0, 0.1) is 11.2 Å². The van der Waals surface area contributed by atoms with Crippen LogP contribution in [-0.2, 0) is 0 Å². The van der Waals surface area contributed by atoms with E-state index >= 15 is 0 Å². The summed E-state index contributed by atoms with van der Waals surface area (Å²) in [5.74, 6) is -1.84. The van der Waals surface area contributed by atoms with E-state index < -0.39 is 41.4 Å². The van der Waals surface area contributed by atoms with Crippen molar-refractivity contribution >= 4 is 0 Å². The van der Waals surface area contributed by atoms with Crippen LogP contribution in [0.25, 0.3) is 0 Å². The van der Waals surface area contributed by atoms with Gasteiger partial charge in [0.05, 0.1) is 0 Å². The van der Waals surface area contributed by atoms with Crippen LogP contribution in [0.1, 0.15) is 11.7 Å². The summed E-state index contributed by atoms with van der Waals surface area (Å²) in [6.07, 6.45) is -25.2. The Balaban J connectivity index is 3.75. The highest BCUT2D eigenvalue weighted by molar-refractivity contribution is 5.25. The van der Waals surface area contributed by atoms with Gasteiger partial charge in [0, 0.05) is 5.56 Å². The fourth-order valence-electron chi connectivity index (χ4n) is 1.88. The molecule has 1 atom stereocenters. The molecule has 11 heteroatoms. The van der Waals surface area contributed by atoms with Gasteiger partial charge in [0.25, 0.3) is 5.41 Å². The summed E-state index contributed by atoms with van der Waals surface area (Å²) in [4.78, 5) is 0. The third-order valence-electron chi connectivity index (χ3n) is 2.95. The van der Waals surface area contributed by atoms with Crippen LogP contribution in [0.4, 0.5) is 43.9 Å². The number of benzene rings is 1. The molecule has 0 saturated carbocycles. The molecular formula is C11H6F10O. The number of hydrogen-bond donors (Lipinski definition) is 1. The van der Waals surface area contributed by atoms with Gasteiger partial charge in [-0.05, 0) is 6.07 Å². The molecule has 0 fully saturated rings. The van der Waals surface area contributed by atoms with Crippen molar-refractivity contribution in [2.24, 2.45) is 5.41 Å². The lowest BCUT2D eigenvalue weighted by molar-refractivity contribution is -0.450. The summed E-state index contributed by atoms with van der Waals surface area (Å²) in [5.41, 5.74) is -8.29. The van der Waals surface area contributed by atoms with Crippen molar-refractivity contribution in [3.05, 3.63) is 35.6 Å². The summed E-state index contributed by atoms with van der Waals surface area (Å²) in [6.45, 7) is 0. The smallest absolute Gasteiger partial charge is 0.387 e. The van der Waals surface area contributed by atoms with Crippen molar-refractivity contribution in [1.82, 2.24) is 0 Å². The SMILES string of the molecule is OC(c1ccccc1F)C(C(F)(F)F)(C(F)(F)F)C(F)(F)F. The first-order chi connectivity index (χ1) is 9.68. The molecule has 0 amide bonds. The highest BCUT2D eigenvalue weighted by atomic mass is 19.4. The van der Waals surface area contributed by atoms with Crippen LogP contribution in [-0.4, -0.2) is 23.6 Å². The molecule has 22 heavy (non-hydrogen) atoms. The zero-order chi connectivity index (χ0) is 17.6. The first-order valence-electron chi connectivity index (χ1n) is 5.30. The minimum absolute atomic E-state index is 0.206. The number of rotatable bonds is 2. The molecule has 0 aliphatic rings. The molecule has 0 radical (unpaired) electrons. The van der Waals surface area contributed by atoms with Gasteiger partial charge >= 0.3 is 18.5 Å². The molecule has 1 aromatic carbocycles. The largest absolute Gasteiger partial charge is 0.415 e. The second-order valence-electron chi connectivity index (χ2n) is 4.23. The molecule has 0 heterocycles. The molecule has 0 aliphatic heterocycles. The maximum atomic E-state index is 13.3. The van der Waals surface area contributed by atoms with Crippen molar-refractivity contribution in [1.29, 1.82) is 0 Å². The topological polar surface area (TPSA) is 20.2 Å². The molecule has 1 nitrogen and oxygen atoms in total. The fraction of sp³-hybridized carbons (Fsp3) is 0.455. The third kappa shape index (κ3) is 2.61. The van der Waals surface area contributed by atoms with Crippen LogP contribution in [0.15, 0.2) is 24.3 Å². The fourth-order valence-corrected chi connectivity index (χ4v) is 1.88. The van der Waals surface area contributed by atoms with Gasteiger partial charge in [-0.25, -0.2) is 4.39 Å². The average molecular weight is 344 g/mol. The van der Waals surface area contributed by atoms with Gasteiger partial charge in [0.2, 0.25) is 0 Å².